The zero-order chi connectivity index (χ0) is 13.3. The molecule has 3 nitrogen and oxygen atoms in total. The lowest BCUT2D eigenvalue weighted by Gasteiger charge is -2.40. The van der Waals surface area contributed by atoms with Gasteiger partial charge in [-0.2, -0.15) is 0 Å². The predicted molar refractivity (Wildman–Crippen MR) is 78.3 cm³/mol. The SMILES string of the molecule is CN1CCCC(CO)(Cc2c[nH]c3ccccc23)C1. The van der Waals surface area contributed by atoms with Gasteiger partial charge in [0.2, 0.25) is 0 Å². The van der Waals surface area contributed by atoms with Crippen molar-refractivity contribution in [3.05, 3.63) is 36.0 Å². The molecule has 1 unspecified atom stereocenters. The number of piperidine rings is 1. The Hall–Kier alpha value is -1.32. The first-order chi connectivity index (χ1) is 9.22. The Kier molecular flexibility index (Phi) is 3.33. The summed E-state index contributed by atoms with van der Waals surface area (Å²) in [6, 6.07) is 8.41. The van der Waals surface area contributed by atoms with Crippen LogP contribution in [0.4, 0.5) is 0 Å². The van der Waals surface area contributed by atoms with Gasteiger partial charge in [0.25, 0.3) is 0 Å². The van der Waals surface area contributed by atoms with Crippen molar-refractivity contribution >= 4 is 10.9 Å². The molecular weight excluding hydrogens is 236 g/mol. The van der Waals surface area contributed by atoms with Crippen LogP contribution in [-0.2, 0) is 6.42 Å². The molecule has 1 aliphatic rings. The van der Waals surface area contributed by atoms with Gasteiger partial charge in [-0.15, -0.1) is 0 Å². The van der Waals surface area contributed by atoms with Gasteiger partial charge in [0.05, 0.1) is 6.61 Å². The lowest BCUT2D eigenvalue weighted by Crippen LogP contribution is -2.44. The fourth-order valence-electron chi connectivity index (χ4n) is 3.47. The number of aromatic amines is 1. The van der Waals surface area contributed by atoms with Gasteiger partial charge in [-0.1, -0.05) is 18.2 Å². The molecular formula is C16H22N2O. The van der Waals surface area contributed by atoms with Crippen LogP contribution in [0.1, 0.15) is 18.4 Å². The van der Waals surface area contributed by atoms with Gasteiger partial charge < -0.3 is 15.0 Å². The van der Waals surface area contributed by atoms with Crippen LogP contribution in [0.15, 0.2) is 30.5 Å². The third-order valence-electron chi connectivity index (χ3n) is 4.43. The van der Waals surface area contributed by atoms with Crippen molar-refractivity contribution in [3.63, 3.8) is 0 Å². The van der Waals surface area contributed by atoms with E-state index in [9.17, 15) is 5.11 Å². The number of aliphatic hydroxyl groups is 1. The quantitative estimate of drug-likeness (QED) is 0.887. The first kappa shape index (κ1) is 12.7. The number of hydrogen-bond acceptors (Lipinski definition) is 2. The molecule has 3 heteroatoms. The third kappa shape index (κ3) is 2.40. The number of rotatable bonds is 3. The molecule has 1 aromatic heterocycles. The Balaban J connectivity index is 1.90. The average molecular weight is 258 g/mol. The number of nitrogens with one attached hydrogen (secondary N) is 1. The number of fused-ring (bicyclic) bond motifs is 1. The van der Waals surface area contributed by atoms with Crippen LogP contribution in [0.25, 0.3) is 10.9 Å². The van der Waals surface area contributed by atoms with Crippen LogP contribution in [0, 0.1) is 5.41 Å². The highest BCUT2D eigenvalue weighted by Gasteiger charge is 2.34. The van der Waals surface area contributed by atoms with Gasteiger partial charge in [-0.25, -0.2) is 0 Å². The van der Waals surface area contributed by atoms with Gasteiger partial charge in [-0.05, 0) is 44.5 Å². The Bertz CT molecular complexity index is 563. The second-order valence-electron chi connectivity index (χ2n) is 6.04. The maximum Gasteiger partial charge on any atom is 0.0502 e. The molecule has 0 bridgehead atoms. The van der Waals surface area contributed by atoms with Crippen LogP contribution in [0.5, 0.6) is 0 Å². The summed E-state index contributed by atoms with van der Waals surface area (Å²) in [5.74, 6) is 0. The molecule has 0 spiro atoms. The molecule has 2 heterocycles. The summed E-state index contributed by atoms with van der Waals surface area (Å²) in [7, 11) is 2.15. The zero-order valence-electron chi connectivity index (χ0n) is 11.5. The van der Waals surface area contributed by atoms with Crippen LogP contribution >= 0.6 is 0 Å². The molecule has 0 saturated carbocycles. The highest BCUT2D eigenvalue weighted by atomic mass is 16.3. The minimum atomic E-state index is 0.0258. The van der Waals surface area contributed by atoms with Crippen molar-refractivity contribution in [2.24, 2.45) is 5.41 Å². The van der Waals surface area contributed by atoms with Crippen molar-refractivity contribution in [1.29, 1.82) is 0 Å². The number of aromatic nitrogens is 1. The summed E-state index contributed by atoms with van der Waals surface area (Å²) in [4.78, 5) is 5.68. The summed E-state index contributed by atoms with van der Waals surface area (Å²) in [5.41, 5.74) is 2.55. The molecule has 1 aromatic carbocycles. The van der Waals surface area contributed by atoms with Crippen molar-refractivity contribution < 1.29 is 5.11 Å². The van der Waals surface area contributed by atoms with E-state index >= 15 is 0 Å². The topological polar surface area (TPSA) is 39.3 Å². The first-order valence-corrected chi connectivity index (χ1v) is 7.07. The van der Waals surface area contributed by atoms with Crippen LogP contribution in [-0.4, -0.2) is 41.7 Å². The van der Waals surface area contributed by atoms with Crippen molar-refractivity contribution in [2.75, 3.05) is 26.7 Å². The fourth-order valence-corrected chi connectivity index (χ4v) is 3.47. The normalized spacial score (nSPS) is 24.9. The first-order valence-electron chi connectivity index (χ1n) is 7.07. The molecule has 1 aliphatic heterocycles. The molecule has 1 fully saturated rings. The molecule has 2 aromatic rings. The predicted octanol–water partition coefficient (Wildman–Crippen LogP) is 2.41. The van der Waals surface area contributed by atoms with Gasteiger partial charge >= 0.3 is 0 Å². The molecule has 3 rings (SSSR count). The van der Waals surface area contributed by atoms with Crippen molar-refractivity contribution in [3.8, 4) is 0 Å². The number of H-pyrrole nitrogens is 1. The lowest BCUT2D eigenvalue weighted by atomic mass is 9.76. The van der Waals surface area contributed by atoms with E-state index < -0.39 is 0 Å². The molecule has 1 saturated heterocycles. The lowest BCUT2D eigenvalue weighted by molar-refractivity contribution is 0.0441. The Labute approximate surface area is 114 Å². The minimum Gasteiger partial charge on any atom is -0.396 e. The van der Waals surface area contributed by atoms with Crippen LogP contribution < -0.4 is 0 Å². The zero-order valence-corrected chi connectivity index (χ0v) is 11.5. The summed E-state index contributed by atoms with van der Waals surface area (Å²) in [6.45, 7) is 2.41. The molecule has 1 atom stereocenters. The minimum absolute atomic E-state index is 0.0258. The highest BCUT2D eigenvalue weighted by Crippen LogP contribution is 2.34. The fraction of sp³-hybridized carbons (Fsp3) is 0.500. The van der Waals surface area contributed by atoms with E-state index in [1.54, 1.807) is 0 Å². The molecule has 2 N–H and O–H groups in total. The van der Waals surface area contributed by atoms with Gasteiger partial charge in [0, 0.05) is 29.1 Å². The number of hydrogen-bond donors (Lipinski definition) is 2. The van der Waals surface area contributed by atoms with Crippen LogP contribution in [0.2, 0.25) is 0 Å². The van der Waals surface area contributed by atoms with E-state index in [1.165, 1.54) is 22.9 Å². The van der Waals surface area contributed by atoms with E-state index in [0.717, 1.165) is 25.9 Å². The van der Waals surface area contributed by atoms with E-state index in [1.807, 2.05) is 0 Å². The van der Waals surface area contributed by atoms with E-state index in [4.69, 9.17) is 0 Å². The smallest absolute Gasteiger partial charge is 0.0502 e. The van der Waals surface area contributed by atoms with E-state index in [2.05, 4.69) is 47.4 Å². The molecule has 102 valence electrons. The monoisotopic (exact) mass is 258 g/mol. The summed E-state index contributed by atoms with van der Waals surface area (Å²) < 4.78 is 0. The summed E-state index contributed by atoms with van der Waals surface area (Å²) in [6.07, 6.45) is 5.36. The Morgan fingerprint density at radius 3 is 3.00 bits per heavy atom. The maximum atomic E-state index is 9.89. The molecule has 0 radical (unpaired) electrons. The molecule has 19 heavy (non-hydrogen) atoms. The Morgan fingerprint density at radius 2 is 2.21 bits per heavy atom. The van der Waals surface area contributed by atoms with Crippen molar-refractivity contribution in [1.82, 2.24) is 9.88 Å². The average Bonchev–Trinajstić information content (AvgIpc) is 2.82. The second kappa shape index (κ2) is 4.99. The Morgan fingerprint density at radius 1 is 1.37 bits per heavy atom. The van der Waals surface area contributed by atoms with Gasteiger partial charge in [0.1, 0.15) is 0 Å². The highest BCUT2D eigenvalue weighted by molar-refractivity contribution is 5.83. The third-order valence-corrected chi connectivity index (χ3v) is 4.43. The largest absolute Gasteiger partial charge is 0.396 e. The number of likely N-dealkylation sites (tertiary alicyclic amines) is 1. The summed E-state index contributed by atoms with van der Waals surface area (Å²) in [5, 5.41) is 11.2. The molecule has 0 aliphatic carbocycles. The number of para-hydroxylation sites is 1. The number of benzene rings is 1. The van der Waals surface area contributed by atoms with Gasteiger partial charge in [-0.3, -0.25) is 0 Å². The van der Waals surface area contributed by atoms with E-state index in [0.29, 0.717) is 0 Å². The van der Waals surface area contributed by atoms with Crippen molar-refractivity contribution in [2.45, 2.75) is 19.3 Å². The number of aliphatic hydroxyl groups excluding tert-OH is 1. The number of nitrogens with zero attached hydrogens (tertiary/aromatic N) is 1. The standard InChI is InChI=1S/C16H22N2O/c1-18-8-4-7-16(11-18,12-19)9-13-10-17-15-6-3-2-5-14(13)15/h2-3,5-6,10,17,19H,4,7-9,11-12H2,1H3. The van der Waals surface area contributed by atoms with E-state index in [-0.39, 0.29) is 12.0 Å². The summed E-state index contributed by atoms with van der Waals surface area (Å²) >= 11 is 0. The molecule has 0 amide bonds. The maximum absolute atomic E-state index is 9.89. The van der Waals surface area contributed by atoms with Gasteiger partial charge in [0.15, 0.2) is 0 Å². The second-order valence-corrected chi connectivity index (χ2v) is 6.04. The van der Waals surface area contributed by atoms with Crippen LogP contribution in [0.3, 0.4) is 0 Å².